The van der Waals surface area contributed by atoms with Gasteiger partial charge in [-0.15, -0.1) is 0 Å². The molecule has 1 N–H and O–H groups in total. The van der Waals surface area contributed by atoms with Crippen molar-refractivity contribution < 1.29 is 28.9 Å². The summed E-state index contributed by atoms with van der Waals surface area (Å²) >= 11 is 0. The standard InChI is InChI=1S/C18H20N2O6/c1-24-11-10-20(12-18(22)23)17(21)13-25-14-5-7-15(8-6-14)26-16-4-2-3-9-19-16/h2-9H,10-13H2,1H3,(H,22,23). The van der Waals surface area contributed by atoms with Gasteiger partial charge in [0.15, 0.2) is 6.61 Å². The Kier molecular flexibility index (Phi) is 7.38. The number of carboxylic acid groups (broad SMARTS) is 1. The molecule has 2 rings (SSSR count). The number of hydrogen-bond donors (Lipinski definition) is 1. The number of hydrogen-bond acceptors (Lipinski definition) is 6. The van der Waals surface area contributed by atoms with Crippen LogP contribution in [0.5, 0.6) is 17.4 Å². The van der Waals surface area contributed by atoms with Crippen molar-refractivity contribution in [3.05, 3.63) is 48.7 Å². The van der Waals surface area contributed by atoms with Gasteiger partial charge in [0, 0.05) is 25.9 Å². The Hall–Kier alpha value is -3.13. The summed E-state index contributed by atoms with van der Waals surface area (Å²) < 4.78 is 15.9. The Morgan fingerprint density at radius 3 is 2.46 bits per heavy atom. The summed E-state index contributed by atoms with van der Waals surface area (Å²) in [7, 11) is 1.48. The minimum atomic E-state index is -1.09. The van der Waals surface area contributed by atoms with E-state index in [1.54, 1.807) is 42.6 Å². The first-order valence-corrected chi connectivity index (χ1v) is 7.88. The van der Waals surface area contributed by atoms with E-state index in [0.717, 1.165) is 0 Å². The normalized spacial score (nSPS) is 10.2. The smallest absolute Gasteiger partial charge is 0.323 e. The molecule has 0 aliphatic heterocycles. The van der Waals surface area contributed by atoms with Crippen molar-refractivity contribution in [2.24, 2.45) is 0 Å². The third-order valence-corrected chi connectivity index (χ3v) is 3.29. The van der Waals surface area contributed by atoms with Crippen molar-refractivity contribution in [1.82, 2.24) is 9.88 Å². The molecule has 0 saturated heterocycles. The maximum Gasteiger partial charge on any atom is 0.323 e. The molecule has 0 atom stereocenters. The van der Waals surface area contributed by atoms with E-state index in [2.05, 4.69) is 4.98 Å². The maximum absolute atomic E-state index is 12.1. The highest BCUT2D eigenvalue weighted by Gasteiger charge is 2.17. The van der Waals surface area contributed by atoms with Gasteiger partial charge in [0.05, 0.1) is 6.61 Å². The predicted molar refractivity (Wildman–Crippen MR) is 92.3 cm³/mol. The van der Waals surface area contributed by atoms with Crippen molar-refractivity contribution in [1.29, 1.82) is 0 Å². The zero-order chi connectivity index (χ0) is 18.8. The lowest BCUT2D eigenvalue weighted by molar-refractivity contribution is -0.145. The summed E-state index contributed by atoms with van der Waals surface area (Å²) in [5.74, 6) is -0.00810. The van der Waals surface area contributed by atoms with Crippen LogP contribution in [0.2, 0.25) is 0 Å². The number of carboxylic acids is 1. The molecule has 0 bridgehead atoms. The summed E-state index contributed by atoms with van der Waals surface area (Å²) in [6.45, 7) is -0.236. The Bertz CT molecular complexity index is 705. The van der Waals surface area contributed by atoms with E-state index in [0.29, 0.717) is 17.4 Å². The average Bonchev–Trinajstić information content (AvgIpc) is 2.65. The molecule has 0 aliphatic carbocycles. The molecule has 1 amide bonds. The third kappa shape index (κ3) is 6.40. The fourth-order valence-electron chi connectivity index (χ4n) is 2.03. The summed E-state index contributed by atoms with van der Waals surface area (Å²) in [6, 6.07) is 12.0. The number of pyridine rings is 1. The van der Waals surface area contributed by atoms with Gasteiger partial charge in [0.25, 0.3) is 5.91 Å². The Labute approximate surface area is 150 Å². The molecular weight excluding hydrogens is 340 g/mol. The first kappa shape index (κ1) is 19.2. The van der Waals surface area contributed by atoms with Gasteiger partial charge in [0.1, 0.15) is 18.0 Å². The maximum atomic E-state index is 12.1. The van der Waals surface area contributed by atoms with Crippen molar-refractivity contribution >= 4 is 11.9 Å². The largest absolute Gasteiger partial charge is 0.484 e. The second kappa shape index (κ2) is 10.00. The predicted octanol–water partition coefficient (Wildman–Crippen LogP) is 1.81. The van der Waals surface area contributed by atoms with Crippen LogP contribution in [0.1, 0.15) is 0 Å². The minimum Gasteiger partial charge on any atom is -0.484 e. The molecule has 0 spiro atoms. The van der Waals surface area contributed by atoms with E-state index >= 15 is 0 Å². The molecule has 8 heteroatoms. The fourth-order valence-corrected chi connectivity index (χ4v) is 2.03. The Morgan fingerprint density at radius 1 is 1.12 bits per heavy atom. The van der Waals surface area contributed by atoms with Crippen LogP contribution in [-0.2, 0) is 14.3 Å². The van der Waals surface area contributed by atoms with Crippen LogP contribution in [0.4, 0.5) is 0 Å². The highest BCUT2D eigenvalue weighted by molar-refractivity contribution is 5.82. The van der Waals surface area contributed by atoms with E-state index in [9.17, 15) is 9.59 Å². The Balaban J connectivity index is 1.87. The van der Waals surface area contributed by atoms with Gasteiger partial charge in [-0.05, 0) is 30.3 Å². The molecular formula is C18H20N2O6. The highest BCUT2D eigenvalue weighted by Crippen LogP contribution is 2.22. The lowest BCUT2D eigenvalue weighted by atomic mass is 10.3. The topological polar surface area (TPSA) is 98.2 Å². The zero-order valence-corrected chi connectivity index (χ0v) is 14.3. The summed E-state index contributed by atoms with van der Waals surface area (Å²) in [5.41, 5.74) is 0. The molecule has 2 aromatic rings. The van der Waals surface area contributed by atoms with E-state index < -0.39 is 18.4 Å². The lowest BCUT2D eigenvalue weighted by Crippen LogP contribution is -2.40. The summed E-state index contributed by atoms with van der Waals surface area (Å²) in [4.78, 5) is 28.2. The molecule has 1 aromatic carbocycles. The first-order valence-electron chi connectivity index (χ1n) is 7.88. The molecule has 1 heterocycles. The average molecular weight is 360 g/mol. The first-order chi connectivity index (χ1) is 12.6. The molecule has 8 nitrogen and oxygen atoms in total. The highest BCUT2D eigenvalue weighted by atomic mass is 16.5. The number of rotatable bonds is 10. The van der Waals surface area contributed by atoms with Crippen molar-refractivity contribution in [2.45, 2.75) is 0 Å². The van der Waals surface area contributed by atoms with Crippen molar-refractivity contribution in [3.63, 3.8) is 0 Å². The van der Waals surface area contributed by atoms with Crippen LogP contribution in [0.15, 0.2) is 48.7 Å². The molecule has 1 aromatic heterocycles. The van der Waals surface area contributed by atoms with Gasteiger partial charge in [-0.2, -0.15) is 0 Å². The van der Waals surface area contributed by atoms with E-state index in [1.165, 1.54) is 12.0 Å². The van der Waals surface area contributed by atoms with Crippen molar-refractivity contribution in [2.75, 3.05) is 33.4 Å². The summed E-state index contributed by atoms with van der Waals surface area (Å²) in [5, 5.41) is 8.87. The number of nitrogens with zero attached hydrogens (tertiary/aromatic N) is 2. The zero-order valence-electron chi connectivity index (χ0n) is 14.3. The summed E-state index contributed by atoms with van der Waals surface area (Å²) in [6.07, 6.45) is 1.63. The van der Waals surface area contributed by atoms with E-state index in [-0.39, 0.29) is 19.8 Å². The molecule has 0 radical (unpaired) electrons. The lowest BCUT2D eigenvalue weighted by Gasteiger charge is -2.20. The van der Waals surface area contributed by atoms with Crippen LogP contribution < -0.4 is 9.47 Å². The van der Waals surface area contributed by atoms with Crippen LogP contribution in [0.25, 0.3) is 0 Å². The van der Waals surface area contributed by atoms with Gasteiger partial charge in [-0.25, -0.2) is 4.98 Å². The molecule has 0 fully saturated rings. The van der Waals surface area contributed by atoms with Gasteiger partial charge in [-0.1, -0.05) is 6.07 Å². The van der Waals surface area contributed by atoms with Crippen LogP contribution >= 0.6 is 0 Å². The number of methoxy groups -OCH3 is 1. The number of carbonyl (C=O) groups is 2. The van der Waals surface area contributed by atoms with Gasteiger partial charge >= 0.3 is 5.97 Å². The van der Waals surface area contributed by atoms with E-state index in [4.69, 9.17) is 19.3 Å². The third-order valence-electron chi connectivity index (χ3n) is 3.29. The second-order valence-electron chi connectivity index (χ2n) is 5.23. The molecule has 0 saturated carbocycles. The van der Waals surface area contributed by atoms with Crippen LogP contribution in [0, 0.1) is 0 Å². The molecule has 26 heavy (non-hydrogen) atoms. The van der Waals surface area contributed by atoms with Gasteiger partial charge in [-0.3, -0.25) is 9.59 Å². The fraction of sp³-hybridized carbons (Fsp3) is 0.278. The van der Waals surface area contributed by atoms with E-state index in [1.807, 2.05) is 6.07 Å². The monoisotopic (exact) mass is 360 g/mol. The molecule has 138 valence electrons. The minimum absolute atomic E-state index is 0.182. The number of aromatic nitrogens is 1. The Morgan fingerprint density at radius 2 is 1.85 bits per heavy atom. The van der Waals surface area contributed by atoms with Crippen molar-refractivity contribution in [3.8, 4) is 17.4 Å². The molecule has 0 aliphatic rings. The number of amides is 1. The number of benzene rings is 1. The van der Waals surface area contributed by atoms with Crippen LogP contribution in [-0.4, -0.2) is 60.3 Å². The number of aliphatic carboxylic acids is 1. The number of ether oxygens (including phenoxy) is 3. The van der Waals surface area contributed by atoms with Crippen LogP contribution in [0.3, 0.4) is 0 Å². The van der Waals surface area contributed by atoms with Gasteiger partial charge < -0.3 is 24.2 Å². The molecule has 0 unspecified atom stereocenters. The second-order valence-corrected chi connectivity index (χ2v) is 5.23. The quantitative estimate of drug-likeness (QED) is 0.690. The number of carbonyl (C=O) groups excluding carboxylic acids is 1. The SMILES string of the molecule is COCCN(CC(=O)O)C(=O)COc1ccc(Oc2ccccn2)cc1. The van der Waals surface area contributed by atoms with Gasteiger partial charge in [0.2, 0.25) is 5.88 Å².